The summed E-state index contributed by atoms with van der Waals surface area (Å²) in [6.45, 7) is 0. The second-order valence-corrected chi connectivity index (χ2v) is 3.23. The molecule has 93 valence electrons. The van der Waals surface area contributed by atoms with Crippen LogP contribution in [0.3, 0.4) is 0 Å². The molecule has 0 bridgehead atoms. The average molecular weight is 254 g/mol. The molecule has 0 aliphatic heterocycles. The lowest BCUT2D eigenvalue weighted by Crippen LogP contribution is -2.17. The van der Waals surface area contributed by atoms with Gasteiger partial charge in [0.25, 0.3) is 0 Å². The largest absolute Gasteiger partial charge is 0.573 e. The van der Waals surface area contributed by atoms with Crippen LogP contribution in [0, 0.1) is 6.07 Å². The molecule has 0 aliphatic rings. The third kappa shape index (κ3) is 3.65. The van der Waals surface area contributed by atoms with Crippen LogP contribution in [0.1, 0.15) is 0 Å². The summed E-state index contributed by atoms with van der Waals surface area (Å²) in [7, 11) is 0. The number of nitrogens with zero attached hydrogens (tertiary/aromatic N) is 1. The molecule has 0 unspecified atom stereocenters. The summed E-state index contributed by atoms with van der Waals surface area (Å²) in [6, 6.07) is 9.44. The number of aromatic nitrogens is 1. The van der Waals surface area contributed by atoms with E-state index in [4.69, 9.17) is 4.74 Å². The number of benzene rings is 1. The minimum atomic E-state index is -4.73. The first-order valence-electron chi connectivity index (χ1n) is 4.88. The highest BCUT2D eigenvalue weighted by Gasteiger charge is 2.31. The van der Waals surface area contributed by atoms with Crippen LogP contribution < -0.4 is 9.47 Å². The lowest BCUT2D eigenvalue weighted by atomic mass is 10.3. The van der Waals surface area contributed by atoms with Gasteiger partial charge in [0.15, 0.2) is 0 Å². The van der Waals surface area contributed by atoms with E-state index in [1.54, 1.807) is 18.3 Å². The highest BCUT2D eigenvalue weighted by Crippen LogP contribution is 2.27. The van der Waals surface area contributed by atoms with Crippen molar-refractivity contribution < 1.29 is 22.6 Å². The van der Waals surface area contributed by atoms with E-state index in [9.17, 15) is 13.2 Å². The van der Waals surface area contributed by atoms with Crippen LogP contribution in [0.15, 0.2) is 42.7 Å². The molecule has 1 aromatic carbocycles. The van der Waals surface area contributed by atoms with E-state index >= 15 is 0 Å². The number of ether oxygens (including phenoxy) is 2. The monoisotopic (exact) mass is 254 g/mol. The van der Waals surface area contributed by atoms with Gasteiger partial charge in [0.05, 0.1) is 6.20 Å². The number of halogens is 3. The SMILES string of the molecule is FC(F)(F)Oc1cc[c]c(Oc2cccnc2)c1. The van der Waals surface area contributed by atoms with E-state index in [0.717, 1.165) is 12.1 Å². The third-order valence-corrected chi connectivity index (χ3v) is 1.84. The van der Waals surface area contributed by atoms with Gasteiger partial charge in [-0.05, 0) is 24.3 Å². The Morgan fingerprint density at radius 1 is 1.17 bits per heavy atom. The zero-order chi connectivity index (χ0) is 13.0. The van der Waals surface area contributed by atoms with Crippen molar-refractivity contribution in [1.29, 1.82) is 0 Å². The number of hydrogen-bond acceptors (Lipinski definition) is 3. The minimum Gasteiger partial charge on any atom is -0.455 e. The minimum absolute atomic E-state index is 0.116. The van der Waals surface area contributed by atoms with Crippen molar-refractivity contribution in [2.75, 3.05) is 0 Å². The van der Waals surface area contributed by atoms with Gasteiger partial charge in [0, 0.05) is 18.3 Å². The topological polar surface area (TPSA) is 31.4 Å². The molecule has 0 aliphatic carbocycles. The van der Waals surface area contributed by atoms with Gasteiger partial charge in [-0.2, -0.15) is 0 Å². The van der Waals surface area contributed by atoms with E-state index in [-0.39, 0.29) is 11.5 Å². The van der Waals surface area contributed by atoms with Gasteiger partial charge in [-0.1, -0.05) is 0 Å². The maximum absolute atomic E-state index is 12.0. The Balaban J connectivity index is 2.13. The Labute approximate surface area is 101 Å². The number of alkyl halides is 3. The van der Waals surface area contributed by atoms with Crippen molar-refractivity contribution >= 4 is 0 Å². The predicted molar refractivity (Wildman–Crippen MR) is 56.3 cm³/mol. The first-order valence-corrected chi connectivity index (χ1v) is 4.88. The van der Waals surface area contributed by atoms with Crippen molar-refractivity contribution in [2.45, 2.75) is 6.36 Å². The standard InChI is InChI=1S/C12H7F3NO2/c13-12(14,15)18-10-4-1-3-9(7-10)17-11-5-2-6-16-8-11/h1-2,4-8H. The van der Waals surface area contributed by atoms with Crippen LogP contribution in [0.4, 0.5) is 13.2 Å². The zero-order valence-electron chi connectivity index (χ0n) is 8.94. The molecule has 0 atom stereocenters. The molecule has 0 N–H and O–H groups in total. The molecule has 0 spiro atoms. The summed E-state index contributed by atoms with van der Waals surface area (Å²) in [4.78, 5) is 3.81. The fourth-order valence-electron chi connectivity index (χ4n) is 1.22. The van der Waals surface area contributed by atoms with Crippen LogP contribution in [0.5, 0.6) is 17.2 Å². The predicted octanol–water partition coefficient (Wildman–Crippen LogP) is 3.57. The normalized spacial score (nSPS) is 11.1. The molecule has 1 radical (unpaired) electrons. The van der Waals surface area contributed by atoms with Gasteiger partial charge in [-0.3, -0.25) is 4.98 Å². The molecule has 0 saturated carbocycles. The smallest absolute Gasteiger partial charge is 0.455 e. The molecule has 3 nitrogen and oxygen atoms in total. The summed E-state index contributed by atoms with van der Waals surface area (Å²) in [6.07, 6.45) is -1.74. The van der Waals surface area contributed by atoms with Crippen molar-refractivity contribution in [3.8, 4) is 17.2 Å². The lowest BCUT2D eigenvalue weighted by Gasteiger charge is -2.10. The molecular weight excluding hydrogens is 247 g/mol. The van der Waals surface area contributed by atoms with Crippen LogP contribution in [0.25, 0.3) is 0 Å². The highest BCUT2D eigenvalue weighted by atomic mass is 19.4. The first kappa shape index (κ1) is 12.2. The average Bonchev–Trinajstić information content (AvgIpc) is 2.28. The van der Waals surface area contributed by atoms with Crippen LogP contribution in [-0.2, 0) is 0 Å². The summed E-state index contributed by atoms with van der Waals surface area (Å²) in [5, 5.41) is 0. The molecule has 0 saturated heterocycles. The molecule has 18 heavy (non-hydrogen) atoms. The van der Waals surface area contributed by atoms with Crippen molar-refractivity contribution in [3.63, 3.8) is 0 Å². The maximum atomic E-state index is 12.0. The molecule has 0 amide bonds. The van der Waals surface area contributed by atoms with Crippen molar-refractivity contribution in [3.05, 3.63) is 48.8 Å². The van der Waals surface area contributed by atoms with Gasteiger partial charge in [-0.15, -0.1) is 13.2 Å². The molecule has 0 fully saturated rings. The third-order valence-electron chi connectivity index (χ3n) is 1.84. The summed E-state index contributed by atoms with van der Waals surface area (Å²) in [5.41, 5.74) is 0. The van der Waals surface area contributed by atoms with Crippen molar-refractivity contribution in [1.82, 2.24) is 4.98 Å². The Morgan fingerprint density at radius 2 is 2.00 bits per heavy atom. The van der Waals surface area contributed by atoms with Crippen molar-refractivity contribution in [2.24, 2.45) is 0 Å². The Morgan fingerprint density at radius 3 is 2.67 bits per heavy atom. The van der Waals surface area contributed by atoms with E-state index in [1.807, 2.05) is 0 Å². The van der Waals surface area contributed by atoms with Gasteiger partial charge in [0.2, 0.25) is 0 Å². The second kappa shape index (κ2) is 4.95. The fourth-order valence-corrected chi connectivity index (χ4v) is 1.22. The van der Waals surface area contributed by atoms with Gasteiger partial charge < -0.3 is 9.47 Å². The fraction of sp³-hybridized carbons (Fsp3) is 0.0833. The van der Waals surface area contributed by atoms with E-state index in [0.29, 0.717) is 5.75 Å². The Hall–Kier alpha value is -2.24. The molecule has 2 rings (SSSR count). The number of rotatable bonds is 3. The van der Waals surface area contributed by atoms with Crippen LogP contribution in [-0.4, -0.2) is 11.3 Å². The highest BCUT2D eigenvalue weighted by molar-refractivity contribution is 5.35. The van der Waals surface area contributed by atoms with E-state index in [2.05, 4.69) is 15.8 Å². The quantitative estimate of drug-likeness (QED) is 0.839. The molecule has 2 aromatic rings. The summed E-state index contributed by atoms with van der Waals surface area (Å²) >= 11 is 0. The summed E-state index contributed by atoms with van der Waals surface area (Å²) < 4.78 is 45.1. The van der Waals surface area contributed by atoms with Gasteiger partial charge in [-0.25, -0.2) is 0 Å². The summed E-state index contributed by atoms with van der Waals surface area (Å²) in [5.74, 6) is 0.155. The molecule has 1 heterocycles. The Bertz CT molecular complexity index is 514. The lowest BCUT2D eigenvalue weighted by molar-refractivity contribution is -0.274. The maximum Gasteiger partial charge on any atom is 0.573 e. The Kier molecular flexibility index (Phi) is 3.36. The molecule has 6 heteroatoms. The van der Waals surface area contributed by atoms with E-state index in [1.165, 1.54) is 12.3 Å². The molecule has 1 aromatic heterocycles. The molecular formula is C12H7F3NO2. The van der Waals surface area contributed by atoms with Crippen LogP contribution >= 0.6 is 0 Å². The number of hydrogen-bond donors (Lipinski definition) is 0. The van der Waals surface area contributed by atoms with Crippen LogP contribution in [0.2, 0.25) is 0 Å². The number of pyridine rings is 1. The second-order valence-electron chi connectivity index (χ2n) is 3.23. The first-order chi connectivity index (χ1) is 8.53. The van der Waals surface area contributed by atoms with Gasteiger partial charge >= 0.3 is 6.36 Å². The van der Waals surface area contributed by atoms with E-state index < -0.39 is 6.36 Å². The van der Waals surface area contributed by atoms with Gasteiger partial charge in [0.1, 0.15) is 17.2 Å². The zero-order valence-corrected chi connectivity index (χ0v) is 8.94.